The first-order chi connectivity index (χ1) is 15.2. The van der Waals surface area contributed by atoms with E-state index in [1.165, 1.54) is 5.56 Å². The maximum absolute atomic E-state index is 12.3. The van der Waals surface area contributed by atoms with Gasteiger partial charge in [-0.3, -0.25) is 9.79 Å². The van der Waals surface area contributed by atoms with Crippen LogP contribution in [0.4, 0.5) is 5.69 Å². The van der Waals surface area contributed by atoms with Gasteiger partial charge in [0.1, 0.15) is 5.75 Å². The van der Waals surface area contributed by atoms with Crippen molar-refractivity contribution in [2.45, 2.75) is 19.8 Å². The smallest absolute Gasteiger partial charge is 0.265 e. The summed E-state index contributed by atoms with van der Waals surface area (Å²) in [7, 11) is 0. The van der Waals surface area contributed by atoms with Gasteiger partial charge >= 0.3 is 0 Å². The monoisotopic (exact) mass is 424 g/mol. The van der Waals surface area contributed by atoms with Crippen LogP contribution in [0.1, 0.15) is 18.9 Å². The van der Waals surface area contributed by atoms with E-state index in [0.717, 1.165) is 54.8 Å². The highest BCUT2D eigenvalue weighted by Crippen LogP contribution is 2.33. The van der Waals surface area contributed by atoms with Crippen LogP contribution in [0.25, 0.3) is 0 Å². The second kappa shape index (κ2) is 10.1. The first-order valence-electron chi connectivity index (χ1n) is 10.7. The Morgan fingerprint density at radius 3 is 2.84 bits per heavy atom. The summed E-state index contributed by atoms with van der Waals surface area (Å²) in [4.78, 5) is 18.7. The van der Waals surface area contributed by atoms with E-state index in [1.54, 1.807) is 4.90 Å². The molecule has 8 heteroatoms. The van der Waals surface area contributed by atoms with Crippen LogP contribution < -0.4 is 29.7 Å². The minimum atomic E-state index is -0.0172. The van der Waals surface area contributed by atoms with Gasteiger partial charge in [0.15, 0.2) is 24.1 Å². The molecule has 0 spiro atoms. The Balaban J connectivity index is 1.26. The van der Waals surface area contributed by atoms with Crippen LogP contribution in [0, 0.1) is 0 Å². The molecule has 4 rings (SSSR count). The number of nitrogens with one attached hydrogen (secondary N) is 2. The van der Waals surface area contributed by atoms with E-state index in [9.17, 15) is 4.79 Å². The third-order valence-corrected chi connectivity index (χ3v) is 5.11. The molecule has 0 unspecified atom stereocenters. The van der Waals surface area contributed by atoms with Gasteiger partial charge < -0.3 is 29.7 Å². The maximum Gasteiger partial charge on any atom is 0.265 e. The van der Waals surface area contributed by atoms with Gasteiger partial charge in [-0.15, -0.1) is 0 Å². The van der Waals surface area contributed by atoms with Gasteiger partial charge in [0, 0.05) is 26.2 Å². The van der Waals surface area contributed by atoms with Crippen LogP contribution in [0.2, 0.25) is 0 Å². The summed E-state index contributed by atoms with van der Waals surface area (Å²) < 4.78 is 16.3. The number of ether oxygens (including phenoxy) is 3. The van der Waals surface area contributed by atoms with Crippen LogP contribution in [0.3, 0.4) is 0 Å². The Bertz CT molecular complexity index is 947. The van der Waals surface area contributed by atoms with Gasteiger partial charge in [0.05, 0.1) is 5.69 Å². The van der Waals surface area contributed by atoms with Crippen LogP contribution >= 0.6 is 0 Å². The van der Waals surface area contributed by atoms with E-state index in [-0.39, 0.29) is 19.3 Å². The van der Waals surface area contributed by atoms with E-state index in [4.69, 9.17) is 14.2 Å². The lowest BCUT2D eigenvalue weighted by atomic mass is 10.1. The molecule has 2 aliphatic rings. The number of nitrogens with zero attached hydrogens (tertiary/aromatic N) is 2. The number of rotatable bonds is 8. The summed E-state index contributed by atoms with van der Waals surface area (Å²) in [6, 6.07) is 13.6. The molecule has 0 saturated heterocycles. The average Bonchev–Trinajstić information content (AvgIpc) is 3.26. The van der Waals surface area contributed by atoms with Crippen LogP contribution in [-0.2, 0) is 11.2 Å². The van der Waals surface area contributed by atoms with Crippen molar-refractivity contribution in [3.05, 3.63) is 48.0 Å². The number of fused-ring (bicyclic) bond motifs is 2. The minimum Gasteiger partial charge on any atom is -0.482 e. The summed E-state index contributed by atoms with van der Waals surface area (Å²) >= 11 is 0. The molecule has 0 fully saturated rings. The molecule has 31 heavy (non-hydrogen) atoms. The van der Waals surface area contributed by atoms with Crippen molar-refractivity contribution >= 4 is 17.6 Å². The van der Waals surface area contributed by atoms with Gasteiger partial charge in [-0.1, -0.05) is 18.2 Å². The fourth-order valence-corrected chi connectivity index (χ4v) is 3.58. The van der Waals surface area contributed by atoms with Crippen molar-refractivity contribution < 1.29 is 19.0 Å². The van der Waals surface area contributed by atoms with Crippen molar-refractivity contribution in [1.29, 1.82) is 0 Å². The Morgan fingerprint density at radius 1 is 1.06 bits per heavy atom. The fourth-order valence-electron chi connectivity index (χ4n) is 3.58. The number of aliphatic imine (C=N–C) groups is 1. The van der Waals surface area contributed by atoms with E-state index >= 15 is 0 Å². The molecule has 2 N–H and O–H groups in total. The molecule has 2 aromatic rings. The first kappa shape index (κ1) is 20.8. The molecule has 8 nitrogen and oxygen atoms in total. The Labute approximate surface area is 182 Å². The summed E-state index contributed by atoms with van der Waals surface area (Å²) in [6.45, 7) is 5.18. The zero-order valence-electron chi connectivity index (χ0n) is 17.7. The van der Waals surface area contributed by atoms with Crippen molar-refractivity contribution in [2.75, 3.05) is 44.5 Å². The van der Waals surface area contributed by atoms with Crippen molar-refractivity contribution in [3.8, 4) is 17.2 Å². The molecule has 0 aromatic heterocycles. The number of guanidine groups is 1. The van der Waals surface area contributed by atoms with Gasteiger partial charge in [0.25, 0.3) is 5.91 Å². The van der Waals surface area contributed by atoms with Gasteiger partial charge in [-0.2, -0.15) is 0 Å². The molecule has 2 aliphatic heterocycles. The Hall–Kier alpha value is -3.42. The Morgan fingerprint density at radius 2 is 1.94 bits per heavy atom. The largest absolute Gasteiger partial charge is 0.482 e. The number of anilines is 1. The lowest BCUT2D eigenvalue weighted by molar-refractivity contribution is -0.121. The molecular weight excluding hydrogens is 396 g/mol. The summed E-state index contributed by atoms with van der Waals surface area (Å²) in [5.74, 6) is 3.11. The molecule has 0 saturated carbocycles. The molecule has 0 atom stereocenters. The highest BCUT2D eigenvalue weighted by atomic mass is 16.7. The number of hydrogen-bond donors (Lipinski definition) is 2. The molecule has 1 amide bonds. The molecule has 0 bridgehead atoms. The molecule has 2 aromatic carbocycles. The third-order valence-electron chi connectivity index (χ3n) is 5.11. The second-order valence-electron chi connectivity index (χ2n) is 7.28. The van der Waals surface area contributed by atoms with E-state index in [2.05, 4.69) is 21.7 Å². The molecule has 2 heterocycles. The molecule has 0 radical (unpaired) electrons. The van der Waals surface area contributed by atoms with Gasteiger partial charge in [-0.25, -0.2) is 0 Å². The Kier molecular flexibility index (Phi) is 6.76. The molecular formula is C23H28N4O4. The normalized spacial score (nSPS) is 14.8. The third kappa shape index (κ3) is 5.20. The summed E-state index contributed by atoms with van der Waals surface area (Å²) in [6.07, 6.45) is 1.61. The highest BCUT2D eigenvalue weighted by Gasteiger charge is 2.24. The number of hydrogen-bond acceptors (Lipinski definition) is 5. The average molecular weight is 425 g/mol. The van der Waals surface area contributed by atoms with E-state index in [0.29, 0.717) is 13.1 Å². The molecule has 164 valence electrons. The number of carbonyl (C=O) groups is 1. The number of para-hydroxylation sites is 2. The predicted octanol–water partition coefficient (Wildman–Crippen LogP) is 2.33. The SMILES string of the molecule is CCNC(=NCCCN1C(=O)COc2ccccc21)NCCc1ccc2c(c1)OCO2. The van der Waals surface area contributed by atoms with Crippen molar-refractivity contribution in [3.63, 3.8) is 0 Å². The fraction of sp³-hybridized carbons (Fsp3) is 0.391. The van der Waals surface area contributed by atoms with Gasteiger partial charge in [-0.05, 0) is 49.6 Å². The summed E-state index contributed by atoms with van der Waals surface area (Å²) in [5.41, 5.74) is 2.01. The molecule has 0 aliphatic carbocycles. The standard InChI is InChI=1S/C23H28N4O4/c1-2-24-23(26-12-10-17-8-9-20-21(14-17)31-16-30-20)25-11-5-13-27-18-6-3-4-7-19(18)29-15-22(27)28/h3-4,6-9,14H,2,5,10-13,15-16H2,1H3,(H2,24,25,26). The highest BCUT2D eigenvalue weighted by molar-refractivity contribution is 5.97. The second-order valence-corrected chi connectivity index (χ2v) is 7.28. The van der Waals surface area contributed by atoms with Crippen molar-refractivity contribution in [1.82, 2.24) is 10.6 Å². The zero-order valence-corrected chi connectivity index (χ0v) is 17.7. The number of amides is 1. The zero-order chi connectivity index (χ0) is 21.5. The van der Waals surface area contributed by atoms with Crippen LogP contribution in [0.5, 0.6) is 17.2 Å². The van der Waals surface area contributed by atoms with Crippen LogP contribution in [0.15, 0.2) is 47.5 Å². The van der Waals surface area contributed by atoms with Gasteiger partial charge in [0.2, 0.25) is 6.79 Å². The number of benzene rings is 2. The van der Waals surface area contributed by atoms with Crippen molar-refractivity contribution in [2.24, 2.45) is 4.99 Å². The number of carbonyl (C=O) groups excluding carboxylic acids is 1. The summed E-state index contributed by atoms with van der Waals surface area (Å²) in [5, 5.41) is 6.63. The van der Waals surface area contributed by atoms with E-state index < -0.39 is 0 Å². The maximum atomic E-state index is 12.3. The topological polar surface area (TPSA) is 84.4 Å². The quantitative estimate of drug-likeness (QED) is 0.384. The minimum absolute atomic E-state index is 0.0172. The van der Waals surface area contributed by atoms with Crippen LogP contribution in [-0.4, -0.2) is 51.4 Å². The first-order valence-corrected chi connectivity index (χ1v) is 10.7. The lowest BCUT2D eigenvalue weighted by Gasteiger charge is -2.29. The van der Waals surface area contributed by atoms with E-state index in [1.807, 2.05) is 43.3 Å². The predicted molar refractivity (Wildman–Crippen MR) is 119 cm³/mol. The lowest BCUT2D eigenvalue weighted by Crippen LogP contribution is -2.40.